The average molecular weight is 261 g/mol. The fraction of sp³-hybridized carbons (Fsp3) is 0.571. The summed E-state index contributed by atoms with van der Waals surface area (Å²) >= 11 is 0. The highest BCUT2D eigenvalue weighted by atomic mass is 16.5. The molecule has 0 spiro atoms. The van der Waals surface area contributed by atoms with E-state index in [4.69, 9.17) is 4.99 Å². The van der Waals surface area contributed by atoms with Crippen molar-refractivity contribution in [1.29, 1.82) is 0 Å². The maximum absolute atomic E-state index is 12.9. The molecular formula is C14H21N4O. The van der Waals surface area contributed by atoms with Gasteiger partial charge in [-0.2, -0.15) is 0 Å². The molecule has 0 saturated heterocycles. The first-order chi connectivity index (χ1) is 8.86. The Hall–Kier alpha value is -1.46. The van der Waals surface area contributed by atoms with Crippen LogP contribution in [0.4, 0.5) is 0 Å². The zero-order valence-corrected chi connectivity index (χ0v) is 12.2. The lowest BCUT2D eigenvalue weighted by molar-refractivity contribution is -0.256. The van der Waals surface area contributed by atoms with E-state index < -0.39 is 11.2 Å². The van der Waals surface area contributed by atoms with Gasteiger partial charge in [-0.1, -0.05) is 6.92 Å². The Morgan fingerprint density at radius 3 is 2.26 bits per heavy atom. The molecule has 1 aliphatic heterocycles. The van der Waals surface area contributed by atoms with Crippen LogP contribution in [0.15, 0.2) is 29.5 Å². The molecule has 0 saturated carbocycles. The van der Waals surface area contributed by atoms with Crippen molar-refractivity contribution in [3.05, 3.63) is 30.1 Å². The number of aromatic nitrogens is 1. The quantitative estimate of drug-likeness (QED) is 0.818. The molecule has 0 amide bonds. The summed E-state index contributed by atoms with van der Waals surface area (Å²) in [6, 6.07) is 3.74. The molecule has 0 fully saturated rings. The first-order valence-corrected chi connectivity index (χ1v) is 6.52. The molecule has 1 radical (unpaired) electrons. The normalized spacial score (nSPS) is 26.3. The zero-order chi connectivity index (χ0) is 14.3. The van der Waals surface area contributed by atoms with Crippen molar-refractivity contribution in [2.75, 3.05) is 14.1 Å². The van der Waals surface area contributed by atoms with E-state index in [-0.39, 0.29) is 0 Å². The predicted octanol–water partition coefficient (Wildman–Crippen LogP) is 2.04. The molecule has 19 heavy (non-hydrogen) atoms. The fourth-order valence-corrected chi connectivity index (χ4v) is 2.79. The highest BCUT2D eigenvalue weighted by Crippen LogP contribution is 2.43. The molecule has 0 bridgehead atoms. The molecule has 1 aliphatic rings. The van der Waals surface area contributed by atoms with Crippen LogP contribution in [0.2, 0.25) is 0 Å². The van der Waals surface area contributed by atoms with E-state index in [1.165, 1.54) is 0 Å². The third kappa shape index (κ3) is 1.93. The third-order valence-electron chi connectivity index (χ3n) is 3.74. The Morgan fingerprint density at radius 1 is 1.26 bits per heavy atom. The van der Waals surface area contributed by atoms with Gasteiger partial charge < -0.3 is 4.90 Å². The largest absolute Gasteiger partial charge is 0.365 e. The van der Waals surface area contributed by atoms with Crippen LogP contribution >= 0.6 is 0 Å². The molecule has 0 aliphatic carbocycles. The Morgan fingerprint density at radius 2 is 1.84 bits per heavy atom. The van der Waals surface area contributed by atoms with E-state index in [9.17, 15) is 5.21 Å². The molecule has 103 valence electrons. The topological polar surface area (TPSA) is 51.6 Å². The molecule has 1 aromatic heterocycles. The number of hydrogen-bond donors (Lipinski definition) is 0. The second kappa shape index (κ2) is 4.58. The molecule has 2 heterocycles. The summed E-state index contributed by atoms with van der Waals surface area (Å²) in [5.74, 6) is 0.807. The van der Waals surface area contributed by atoms with Gasteiger partial charge in [-0.25, -0.2) is 4.99 Å². The van der Waals surface area contributed by atoms with Gasteiger partial charge in [-0.3, -0.25) is 4.98 Å². The summed E-state index contributed by atoms with van der Waals surface area (Å²) in [7, 11) is 3.85. The minimum atomic E-state index is -0.841. The van der Waals surface area contributed by atoms with Crippen molar-refractivity contribution in [3.63, 3.8) is 0 Å². The summed E-state index contributed by atoms with van der Waals surface area (Å²) in [5, 5.41) is 14.0. The van der Waals surface area contributed by atoms with Crippen molar-refractivity contribution >= 4 is 5.84 Å². The van der Waals surface area contributed by atoms with Crippen LogP contribution in [-0.4, -0.2) is 40.4 Å². The van der Waals surface area contributed by atoms with E-state index in [1.54, 1.807) is 12.4 Å². The molecule has 0 N–H and O–H groups in total. The minimum absolute atomic E-state index is 0.626. The van der Waals surface area contributed by atoms with Gasteiger partial charge in [0.25, 0.3) is 0 Å². The molecule has 1 unspecified atom stereocenters. The number of nitrogens with zero attached hydrogens (tertiary/aromatic N) is 4. The first kappa shape index (κ1) is 14.0. The first-order valence-electron chi connectivity index (χ1n) is 6.52. The van der Waals surface area contributed by atoms with Crippen LogP contribution in [0, 0.1) is 0 Å². The molecule has 1 aromatic rings. The van der Waals surface area contributed by atoms with Crippen LogP contribution in [0.25, 0.3) is 0 Å². The summed E-state index contributed by atoms with van der Waals surface area (Å²) in [4.78, 5) is 10.7. The Kier molecular flexibility index (Phi) is 3.36. The number of amidine groups is 1. The summed E-state index contributed by atoms with van der Waals surface area (Å²) in [5.41, 5.74) is -0.584. The fourth-order valence-electron chi connectivity index (χ4n) is 2.79. The van der Waals surface area contributed by atoms with E-state index in [0.29, 0.717) is 6.42 Å². The molecule has 5 heteroatoms. The maximum atomic E-state index is 12.9. The Balaban J connectivity index is 2.59. The Labute approximate surface area is 114 Å². The standard InChI is InChI=1S/C14H21N4O/c1-6-14(11-7-9-15-10-8-11)16-12(17(4)5)13(2,3)18(14)19/h7-10H,6H2,1-5H3. The number of hydroxylamine groups is 2. The highest BCUT2D eigenvalue weighted by molar-refractivity contribution is 5.92. The van der Waals surface area contributed by atoms with Gasteiger partial charge in [0.1, 0.15) is 11.4 Å². The maximum Gasteiger partial charge on any atom is 0.166 e. The average Bonchev–Trinajstić information content (AvgIpc) is 2.60. The number of aliphatic imine (C=N–C) groups is 1. The highest BCUT2D eigenvalue weighted by Gasteiger charge is 2.54. The zero-order valence-electron chi connectivity index (χ0n) is 12.2. The van der Waals surface area contributed by atoms with Crippen molar-refractivity contribution in [2.24, 2.45) is 4.99 Å². The monoisotopic (exact) mass is 261 g/mol. The second-order valence-corrected chi connectivity index (χ2v) is 5.59. The molecule has 5 nitrogen and oxygen atoms in total. The third-order valence-corrected chi connectivity index (χ3v) is 3.74. The Bertz CT molecular complexity index is 483. The van der Waals surface area contributed by atoms with Gasteiger partial charge in [0, 0.05) is 26.5 Å². The van der Waals surface area contributed by atoms with Gasteiger partial charge >= 0.3 is 0 Å². The van der Waals surface area contributed by atoms with Crippen LogP contribution in [0.1, 0.15) is 32.8 Å². The van der Waals surface area contributed by atoms with Crippen molar-refractivity contribution in [3.8, 4) is 0 Å². The molecule has 0 aromatic carbocycles. The number of hydrogen-bond acceptors (Lipinski definition) is 4. The lowest BCUT2D eigenvalue weighted by atomic mass is 9.95. The van der Waals surface area contributed by atoms with Gasteiger partial charge in [-0.05, 0) is 38.0 Å². The van der Waals surface area contributed by atoms with E-state index in [0.717, 1.165) is 16.5 Å². The van der Waals surface area contributed by atoms with Crippen molar-refractivity contribution in [2.45, 2.75) is 38.4 Å². The summed E-state index contributed by atoms with van der Waals surface area (Å²) in [6.45, 7) is 5.82. The second-order valence-electron chi connectivity index (χ2n) is 5.59. The van der Waals surface area contributed by atoms with Gasteiger partial charge in [0.05, 0.1) is 0 Å². The van der Waals surface area contributed by atoms with Gasteiger partial charge in [0.15, 0.2) is 5.66 Å². The lowest BCUT2D eigenvalue weighted by Gasteiger charge is -2.36. The SMILES string of the molecule is CCC1(c2ccncc2)N=C(N(C)C)C(C)(C)N1[O]. The van der Waals surface area contributed by atoms with E-state index in [1.807, 2.05) is 51.9 Å². The summed E-state index contributed by atoms with van der Waals surface area (Å²) < 4.78 is 0. The lowest BCUT2D eigenvalue weighted by Crippen LogP contribution is -2.52. The number of likely N-dealkylation sites (N-methyl/N-ethyl adjacent to an activating group) is 1. The van der Waals surface area contributed by atoms with Crippen molar-refractivity contribution < 1.29 is 5.21 Å². The van der Waals surface area contributed by atoms with E-state index >= 15 is 0 Å². The molecule has 2 rings (SSSR count). The van der Waals surface area contributed by atoms with Gasteiger partial charge in [0.2, 0.25) is 0 Å². The van der Waals surface area contributed by atoms with E-state index in [2.05, 4.69) is 4.98 Å². The minimum Gasteiger partial charge on any atom is -0.365 e. The summed E-state index contributed by atoms with van der Waals surface area (Å²) in [6.07, 6.45) is 4.04. The van der Waals surface area contributed by atoms with Crippen LogP contribution in [-0.2, 0) is 10.9 Å². The van der Waals surface area contributed by atoms with Crippen molar-refractivity contribution in [1.82, 2.24) is 14.9 Å². The smallest absolute Gasteiger partial charge is 0.166 e. The molecule has 1 atom stereocenters. The van der Waals surface area contributed by atoms with Crippen LogP contribution in [0.5, 0.6) is 0 Å². The predicted molar refractivity (Wildman–Crippen MR) is 73.9 cm³/mol. The number of rotatable bonds is 2. The number of pyridine rings is 1. The van der Waals surface area contributed by atoms with Gasteiger partial charge in [-0.15, -0.1) is 10.3 Å². The molecular weight excluding hydrogens is 240 g/mol. The van der Waals surface area contributed by atoms with Crippen LogP contribution in [0.3, 0.4) is 0 Å². The van der Waals surface area contributed by atoms with Crippen LogP contribution < -0.4 is 0 Å².